The molecule has 0 aliphatic carbocycles. The summed E-state index contributed by atoms with van der Waals surface area (Å²) in [5, 5.41) is 5.76. The van der Waals surface area contributed by atoms with Gasteiger partial charge >= 0.3 is 0 Å². The number of thiophene rings is 1. The number of carbonyl (C=O) groups is 1. The first-order valence-corrected chi connectivity index (χ1v) is 9.91. The van der Waals surface area contributed by atoms with Gasteiger partial charge in [0.1, 0.15) is 12.4 Å². The summed E-state index contributed by atoms with van der Waals surface area (Å²) >= 11 is 7.48. The zero-order chi connectivity index (χ0) is 19.2. The molecular formula is C21H21ClFN2OS+. The Morgan fingerprint density at radius 3 is 2.48 bits per heavy atom. The molecule has 1 unspecified atom stereocenters. The fourth-order valence-electron chi connectivity index (χ4n) is 2.93. The molecule has 27 heavy (non-hydrogen) atoms. The highest BCUT2D eigenvalue weighted by atomic mass is 35.5. The van der Waals surface area contributed by atoms with E-state index >= 15 is 0 Å². The van der Waals surface area contributed by atoms with E-state index in [-0.39, 0.29) is 17.8 Å². The van der Waals surface area contributed by atoms with Crippen LogP contribution in [0.2, 0.25) is 5.02 Å². The van der Waals surface area contributed by atoms with Crippen molar-refractivity contribution in [1.29, 1.82) is 0 Å². The topological polar surface area (TPSA) is 33.5 Å². The minimum absolute atomic E-state index is 0.0517. The molecule has 0 fully saturated rings. The molecule has 2 N–H and O–H groups in total. The maximum absolute atomic E-state index is 13.3. The molecule has 3 rings (SSSR count). The van der Waals surface area contributed by atoms with Crippen molar-refractivity contribution in [3.63, 3.8) is 0 Å². The lowest BCUT2D eigenvalue weighted by molar-refractivity contribution is -0.885. The van der Waals surface area contributed by atoms with E-state index in [0.29, 0.717) is 11.6 Å². The van der Waals surface area contributed by atoms with Gasteiger partial charge in [-0.25, -0.2) is 4.39 Å². The summed E-state index contributed by atoms with van der Waals surface area (Å²) < 4.78 is 13.3. The average molecular weight is 404 g/mol. The average Bonchev–Trinajstić information content (AvgIpc) is 3.17. The van der Waals surface area contributed by atoms with Crippen LogP contribution in [0.15, 0.2) is 66.0 Å². The van der Waals surface area contributed by atoms with Gasteiger partial charge in [0.2, 0.25) is 0 Å². The van der Waals surface area contributed by atoms with Gasteiger partial charge in [0.25, 0.3) is 5.91 Å². The van der Waals surface area contributed by atoms with Gasteiger partial charge in [-0.05, 0) is 41.3 Å². The summed E-state index contributed by atoms with van der Waals surface area (Å²) in [6.07, 6.45) is 0. The van der Waals surface area contributed by atoms with Crippen LogP contribution in [-0.2, 0) is 11.3 Å². The molecule has 0 saturated heterocycles. The first kappa shape index (κ1) is 19.5. The van der Waals surface area contributed by atoms with E-state index in [9.17, 15) is 9.18 Å². The number of rotatable bonds is 7. The van der Waals surface area contributed by atoms with Crippen LogP contribution in [0.4, 0.5) is 4.39 Å². The summed E-state index contributed by atoms with van der Waals surface area (Å²) in [4.78, 5) is 14.7. The van der Waals surface area contributed by atoms with E-state index in [0.717, 1.165) is 27.4 Å². The van der Waals surface area contributed by atoms with Crippen molar-refractivity contribution in [3.8, 4) is 0 Å². The molecule has 1 heterocycles. The van der Waals surface area contributed by atoms with Crippen LogP contribution < -0.4 is 10.2 Å². The number of benzene rings is 2. The number of amides is 1. The Bertz CT molecular complexity index is 866. The standard InChI is InChI=1S/C21H20ClFN2OS/c1-25(13-15-4-8-17(22)9-5-15)14-20(26)24-21(19-3-2-12-27-19)16-6-10-18(23)11-7-16/h2-12,21H,13-14H2,1H3,(H,24,26)/p+1/t21-/m1/s1. The second kappa shape index (κ2) is 9.13. The number of likely N-dealkylation sites (N-methyl/N-ethyl adjacent to an activating group) is 1. The molecule has 6 heteroatoms. The molecule has 0 saturated carbocycles. The number of hydrogen-bond acceptors (Lipinski definition) is 2. The monoisotopic (exact) mass is 403 g/mol. The zero-order valence-corrected chi connectivity index (χ0v) is 16.5. The first-order chi connectivity index (χ1) is 13.0. The van der Waals surface area contributed by atoms with Gasteiger partial charge in [0.05, 0.1) is 13.1 Å². The van der Waals surface area contributed by atoms with Crippen LogP contribution in [0, 0.1) is 5.82 Å². The Morgan fingerprint density at radius 2 is 1.85 bits per heavy atom. The summed E-state index contributed by atoms with van der Waals surface area (Å²) in [6, 6.07) is 17.5. The quantitative estimate of drug-likeness (QED) is 0.622. The SMILES string of the molecule is C[NH+](CC(=O)N[C@H](c1ccc(F)cc1)c1cccs1)Cc1ccc(Cl)cc1. The third kappa shape index (κ3) is 5.63. The van der Waals surface area contributed by atoms with Crippen molar-refractivity contribution in [3.05, 3.63) is 92.9 Å². The van der Waals surface area contributed by atoms with E-state index in [1.54, 1.807) is 23.5 Å². The van der Waals surface area contributed by atoms with Crippen molar-refractivity contribution in [2.24, 2.45) is 0 Å². The van der Waals surface area contributed by atoms with Gasteiger partial charge in [0, 0.05) is 15.5 Å². The predicted molar refractivity (Wildman–Crippen MR) is 108 cm³/mol. The molecular weight excluding hydrogens is 383 g/mol. The summed E-state index contributed by atoms with van der Waals surface area (Å²) in [5.41, 5.74) is 1.99. The fraction of sp³-hybridized carbons (Fsp3) is 0.190. The molecule has 0 aliphatic rings. The van der Waals surface area contributed by atoms with E-state index in [4.69, 9.17) is 11.6 Å². The fourth-order valence-corrected chi connectivity index (χ4v) is 3.86. The minimum atomic E-state index is -0.290. The number of nitrogens with one attached hydrogen (secondary N) is 2. The van der Waals surface area contributed by atoms with Gasteiger partial charge in [-0.15, -0.1) is 11.3 Å². The molecule has 1 amide bonds. The Balaban J connectivity index is 1.65. The number of halogens is 2. The van der Waals surface area contributed by atoms with Gasteiger partial charge in [-0.3, -0.25) is 4.79 Å². The van der Waals surface area contributed by atoms with E-state index in [1.807, 2.05) is 48.8 Å². The molecule has 0 bridgehead atoms. The molecule has 3 aromatic rings. The molecule has 0 aliphatic heterocycles. The molecule has 2 aromatic carbocycles. The van der Waals surface area contributed by atoms with Crippen LogP contribution in [-0.4, -0.2) is 19.5 Å². The van der Waals surface area contributed by atoms with E-state index in [1.165, 1.54) is 12.1 Å². The van der Waals surface area contributed by atoms with Gasteiger partial charge in [-0.1, -0.05) is 41.9 Å². The van der Waals surface area contributed by atoms with Gasteiger partial charge in [0.15, 0.2) is 6.54 Å². The number of quaternary nitrogens is 1. The highest BCUT2D eigenvalue weighted by molar-refractivity contribution is 7.10. The van der Waals surface area contributed by atoms with Crippen molar-refractivity contribution < 1.29 is 14.1 Å². The maximum atomic E-state index is 13.3. The summed E-state index contributed by atoms with van der Waals surface area (Å²) in [7, 11) is 1.98. The van der Waals surface area contributed by atoms with Gasteiger partial charge in [-0.2, -0.15) is 0 Å². The highest BCUT2D eigenvalue weighted by Crippen LogP contribution is 2.26. The van der Waals surface area contributed by atoms with Crippen LogP contribution in [0.1, 0.15) is 22.0 Å². The van der Waals surface area contributed by atoms with Crippen LogP contribution >= 0.6 is 22.9 Å². The molecule has 140 valence electrons. The smallest absolute Gasteiger partial charge is 0.275 e. The maximum Gasteiger partial charge on any atom is 0.275 e. The lowest BCUT2D eigenvalue weighted by atomic mass is 10.1. The van der Waals surface area contributed by atoms with E-state index < -0.39 is 0 Å². The Hall–Kier alpha value is -2.21. The largest absolute Gasteiger partial charge is 0.339 e. The summed E-state index contributed by atoms with van der Waals surface area (Å²) in [6.45, 7) is 1.07. The lowest BCUT2D eigenvalue weighted by Crippen LogP contribution is -3.08. The third-order valence-corrected chi connectivity index (χ3v) is 5.41. The van der Waals surface area contributed by atoms with Crippen molar-refractivity contribution >= 4 is 28.8 Å². The normalized spacial score (nSPS) is 13.1. The Kier molecular flexibility index (Phi) is 6.61. The molecule has 0 radical (unpaired) electrons. The Labute approximate surface area is 167 Å². The lowest BCUT2D eigenvalue weighted by Gasteiger charge is -2.20. The van der Waals surface area contributed by atoms with Crippen molar-refractivity contribution in [2.45, 2.75) is 12.6 Å². The second-order valence-corrected chi connectivity index (χ2v) is 7.92. The number of carbonyl (C=O) groups excluding carboxylic acids is 1. The highest BCUT2D eigenvalue weighted by Gasteiger charge is 2.20. The first-order valence-electron chi connectivity index (χ1n) is 8.65. The van der Waals surface area contributed by atoms with Crippen LogP contribution in [0.5, 0.6) is 0 Å². The molecule has 2 atom stereocenters. The summed E-state index contributed by atoms with van der Waals surface area (Å²) in [5.74, 6) is -0.341. The van der Waals surface area contributed by atoms with E-state index in [2.05, 4.69) is 5.32 Å². The molecule has 3 nitrogen and oxygen atoms in total. The Morgan fingerprint density at radius 1 is 1.15 bits per heavy atom. The zero-order valence-electron chi connectivity index (χ0n) is 14.9. The predicted octanol–water partition coefficient (Wildman–Crippen LogP) is 3.46. The molecule has 0 spiro atoms. The minimum Gasteiger partial charge on any atom is -0.339 e. The molecule has 1 aromatic heterocycles. The number of hydrogen-bond donors (Lipinski definition) is 2. The second-order valence-electron chi connectivity index (χ2n) is 6.50. The van der Waals surface area contributed by atoms with Crippen LogP contribution in [0.25, 0.3) is 0 Å². The van der Waals surface area contributed by atoms with Gasteiger partial charge < -0.3 is 10.2 Å². The van der Waals surface area contributed by atoms with Crippen molar-refractivity contribution in [2.75, 3.05) is 13.6 Å². The van der Waals surface area contributed by atoms with Crippen LogP contribution in [0.3, 0.4) is 0 Å². The van der Waals surface area contributed by atoms with Crippen molar-refractivity contribution in [1.82, 2.24) is 5.32 Å². The third-order valence-electron chi connectivity index (χ3n) is 4.22.